The molecule has 0 atom stereocenters. The maximum absolute atomic E-state index is 10.7. The van der Waals surface area contributed by atoms with Crippen molar-refractivity contribution in [2.24, 2.45) is 0 Å². The van der Waals surface area contributed by atoms with Crippen LogP contribution in [0.3, 0.4) is 0 Å². The second-order valence-electron chi connectivity index (χ2n) is 6.19. The van der Waals surface area contributed by atoms with Crippen molar-refractivity contribution < 1.29 is 43.2 Å². The number of allylic oxidation sites excluding steroid dienone is 4. The van der Waals surface area contributed by atoms with Gasteiger partial charge in [-0.05, 0) is 32.3 Å². The van der Waals surface area contributed by atoms with Gasteiger partial charge in [-0.25, -0.2) is 20.6 Å². The molecule has 30 heavy (non-hydrogen) atoms. The number of rotatable bonds is 0. The molecule has 0 N–H and O–H groups in total. The van der Waals surface area contributed by atoms with Crippen LogP contribution in [0.15, 0.2) is 78.9 Å². The Bertz CT molecular complexity index is 1160. The quantitative estimate of drug-likeness (QED) is 0.105. The minimum absolute atomic E-state index is 0. The van der Waals surface area contributed by atoms with Gasteiger partial charge in [0.2, 0.25) is 0 Å². The van der Waals surface area contributed by atoms with Gasteiger partial charge < -0.3 is 4.55 Å². The van der Waals surface area contributed by atoms with E-state index in [1.54, 1.807) is 0 Å². The maximum atomic E-state index is 10.7. The van der Waals surface area contributed by atoms with Crippen molar-refractivity contribution in [1.82, 2.24) is 0 Å². The summed E-state index contributed by atoms with van der Waals surface area (Å²) in [6, 6.07) is 21.9. The molecule has 4 aromatic carbocycles. The van der Waals surface area contributed by atoms with E-state index < -0.39 is 15.6 Å². The second-order valence-corrected chi connectivity index (χ2v) is 7.56. The van der Waals surface area contributed by atoms with Crippen LogP contribution in [-0.2, 0) is 27.2 Å². The summed E-state index contributed by atoms with van der Waals surface area (Å²) in [6.07, 6.45) is 10.0. The van der Waals surface area contributed by atoms with Crippen LogP contribution in [0.2, 0.25) is 0 Å². The molecule has 156 valence electrons. The van der Waals surface area contributed by atoms with E-state index in [4.69, 9.17) is 13.0 Å². The van der Waals surface area contributed by atoms with Crippen LogP contribution in [-0.4, -0.2) is 18.5 Å². The predicted octanol–water partition coefficient (Wildman–Crippen LogP) is 5.94. The third-order valence-electron chi connectivity index (χ3n) is 4.26. The summed E-state index contributed by atoms with van der Waals surface area (Å²) in [5, 5.41) is 8.14. The summed E-state index contributed by atoms with van der Waals surface area (Å²) < 4.78 is 58.9. The number of alkyl halides is 3. The largest absolute Gasteiger partial charge is 2.00 e. The van der Waals surface area contributed by atoms with Crippen molar-refractivity contribution in [3.05, 3.63) is 85.0 Å². The summed E-state index contributed by atoms with van der Waals surface area (Å²) >= 11 is 0. The van der Waals surface area contributed by atoms with Gasteiger partial charge >= 0.3 is 22.6 Å². The van der Waals surface area contributed by atoms with Gasteiger partial charge in [-0.2, -0.15) is 19.2 Å². The number of halogens is 3. The summed E-state index contributed by atoms with van der Waals surface area (Å²) in [5.41, 5.74) is -5.65. The average molecular weight is 472 g/mol. The van der Waals surface area contributed by atoms with Gasteiger partial charge in [0.15, 0.2) is 10.1 Å². The summed E-state index contributed by atoms with van der Waals surface area (Å²) in [5.74, 6) is 0. The Kier molecular flexibility index (Phi) is 7.66. The molecule has 0 spiro atoms. The van der Waals surface area contributed by atoms with Crippen molar-refractivity contribution >= 4 is 42.4 Å². The molecule has 0 heterocycles. The zero-order valence-electron chi connectivity index (χ0n) is 15.3. The first-order valence-corrected chi connectivity index (χ1v) is 9.96. The Labute approximate surface area is 182 Å². The fourth-order valence-corrected chi connectivity index (χ4v) is 3.01. The Morgan fingerprint density at radius 1 is 0.800 bits per heavy atom. The molecule has 0 saturated carbocycles. The molecule has 1 aliphatic rings. The Balaban J connectivity index is 0.000000194. The van der Waals surface area contributed by atoms with E-state index in [-0.39, 0.29) is 17.1 Å². The number of hydrogen-bond acceptors (Lipinski definition) is 3. The number of benzene rings is 4. The minimum Gasteiger partial charge on any atom is -0.741 e. The fourth-order valence-electron chi connectivity index (χ4n) is 3.01. The Morgan fingerprint density at radius 3 is 1.37 bits per heavy atom. The van der Waals surface area contributed by atoms with Crippen LogP contribution in [0.1, 0.15) is 6.42 Å². The average Bonchev–Trinajstić information content (AvgIpc) is 3.25. The molecule has 0 bridgehead atoms. The third kappa shape index (κ3) is 5.40. The second kappa shape index (κ2) is 9.62. The van der Waals surface area contributed by atoms with Crippen LogP contribution in [0.4, 0.5) is 13.2 Å². The van der Waals surface area contributed by atoms with Gasteiger partial charge in [-0.15, -0.1) is 6.42 Å². The molecule has 3 nitrogen and oxygen atoms in total. The van der Waals surface area contributed by atoms with E-state index in [9.17, 15) is 13.2 Å². The first-order chi connectivity index (χ1) is 13.7. The molecule has 0 aromatic heterocycles. The van der Waals surface area contributed by atoms with Gasteiger partial charge in [0.25, 0.3) is 0 Å². The standard InChI is InChI=1S/C16H10.C5H5.CHF3O3S.Fe/c1-3-11-7-9-13-5-2-6-14-10-8-12(4-1)15(11)16(13)14;1-2-4-5-3-1;2-1(3,4)8(5,6)7;/h1-10H;1-3H,4H2;(H,5,6,7);/q;-1;;+2/p-1. The van der Waals surface area contributed by atoms with Crippen LogP contribution in [0, 0.1) is 6.08 Å². The molecule has 8 heteroatoms. The summed E-state index contributed by atoms with van der Waals surface area (Å²) in [4.78, 5) is 0. The fraction of sp³-hybridized carbons (Fsp3) is 0.0909. The normalized spacial score (nSPS) is 12.9. The van der Waals surface area contributed by atoms with E-state index in [0.29, 0.717) is 0 Å². The first-order valence-electron chi connectivity index (χ1n) is 8.55. The third-order valence-corrected chi connectivity index (χ3v) is 4.83. The Morgan fingerprint density at radius 2 is 1.17 bits per heavy atom. The molecule has 0 saturated heterocycles. The molecule has 4 aromatic rings. The molecular formula is C22H15F3FeO3S. The maximum Gasteiger partial charge on any atom is 2.00 e. The smallest absolute Gasteiger partial charge is 0.741 e. The molecule has 1 aliphatic carbocycles. The molecule has 0 amide bonds. The van der Waals surface area contributed by atoms with E-state index in [0.717, 1.165) is 6.42 Å². The zero-order valence-corrected chi connectivity index (χ0v) is 17.3. The van der Waals surface area contributed by atoms with E-state index in [2.05, 4.69) is 72.8 Å². The van der Waals surface area contributed by atoms with Crippen LogP contribution in [0.25, 0.3) is 32.3 Å². The zero-order chi connectivity index (χ0) is 21.1. The molecule has 0 fully saturated rings. The monoisotopic (exact) mass is 472 g/mol. The minimum atomic E-state index is -6.09. The van der Waals surface area contributed by atoms with Gasteiger partial charge in [0.1, 0.15) is 0 Å². The summed E-state index contributed by atoms with van der Waals surface area (Å²) in [7, 11) is -6.09. The Hall–Kier alpha value is -2.38. The van der Waals surface area contributed by atoms with Gasteiger partial charge in [0.05, 0.1) is 0 Å². The van der Waals surface area contributed by atoms with E-state index in [1.165, 1.54) is 32.3 Å². The molecule has 0 unspecified atom stereocenters. The molecule has 0 aliphatic heterocycles. The van der Waals surface area contributed by atoms with Crippen molar-refractivity contribution in [2.75, 3.05) is 0 Å². The van der Waals surface area contributed by atoms with Gasteiger partial charge in [-0.3, -0.25) is 6.08 Å². The predicted molar refractivity (Wildman–Crippen MR) is 107 cm³/mol. The van der Waals surface area contributed by atoms with Crippen molar-refractivity contribution in [1.29, 1.82) is 0 Å². The topological polar surface area (TPSA) is 57.2 Å². The van der Waals surface area contributed by atoms with Crippen molar-refractivity contribution in [3.8, 4) is 0 Å². The molecular weight excluding hydrogens is 457 g/mol. The first kappa shape index (κ1) is 23.9. The SMILES string of the molecule is O=S(=O)([O-])C(F)(F)F.[C-]1=CC=CC1.[Fe+2].c1cc2ccc3cccc4ccc(c1)c2c34. The van der Waals surface area contributed by atoms with Gasteiger partial charge in [0, 0.05) is 0 Å². The molecule has 0 radical (unpaired) electrons. The van der Waals surface area contributed by atoms with E-state index in [1.807, 2.05) is 12.2 Å². The van der Waals surface area contributed by atoms with Crippen LogP contribution < -0.4 is 0 Å². The molecule has 5 rings (SSSR count). The van der Waals surface area contributed by atoms with Crippen molar-refractivity contribution in [2.45, 2.75) is 11.9 Å². The van der Waals surface area contributed by atoms with Crippen molar-refractivity contribution in [3.63, 3.8) is 0 Å². The van der Waals surface area contributed by atoms with Gasteiger partial charge in [-0.1, -0.05) is 60.7 Å². The van der Waals surface area contributed by atoms with Crippen LogP contribution >= 0.6 is 0 Å². The number of hydrogen-bond donors (Lipinski definition) is 0. The van der Waals surface area contributed by atoms with E-state index >= 15 is 0 Å². The van der Waals surface area contributed by atoms with Crippen LogP contribution in [0.5, 0.6) is 0 Å². The summed E-state index contributed by atoms with van der Waals surface area (Å²) in [6.45, 7) is 0.